The second-order valence-electron chi connectivity index (χ2n) is 5.79. The summed E-state index contributed by atoms with van der Waals surface area (Å²) in [4.78, 5) is 35.9. The van der Waals surface area contributed by atoms with Gasteiger partial charge in [-0.15, -0.1) is 0 Å². The van der Waals surface area contributed by atoms with Gasteiger partial charge in [0.2, 0.25) is 0 Å². The summed E-state index contributed by atoms with van der Waals surface area (Å²) in [5.41, 5.74) is 0.742. The van der Waals surface area contributed by atoms with E-state index in [1.807, 2.05) is 13.8 Å². The topological polar surface area (TPSA) is 112 Å². The van der Waals surface area contributed by atoms with Crippen molar-refractivity contribution in [2.24, 2.45) is 0 Å². The number of anilines is 1. The minimum Gasteiger partial charge on any atom is -0.459 e. The van der Waals surface area contributed by atoms with Crippen molar-refractivity contribution < 1.29 is 18.8 Å². The molecule has 0 spiro atoms. The van der Waals surface area contributed by atoms with Crippen LogP contribution in [-0.2, 0) is 0 Å². The highest BCUT2D eigenvalue weighted by molar-refractivity contribution is 6.03. The van der Waals surface area contributed by atoms with Gasteiger partial charge in [-0.25, -0.2) is 4.79 Å². The number of hydrogen-bond acceptors (Lipinski definition) is 4. The number of para-hydroxylation sites is 1. The number of nitrogens with one attached hydrogen (secondary N) is 4. The predicted octanol–water partition coefficient (Wildman–Crippen LogP) is 1.97. The molecule has 26 heavy (non-hydrogen) atoms. The fourth-order valence-electron chi connectivity index (χ4n) is 2.15. The van der Waals surface area contributed by atoms with Gasteiger partial charge in [0.25, 0.3) is 11.8 Å². The van der Waals surface area contributed by atoms with Crippen LogP contribution in [0.3, 0.4) is 0 Å². The number of carbonyl (C=O) groups is 3. The number of urea groups is 1. The van der Waals surface area contributed by atoms with Crippen molar-refractivity contribution in [2.75, 3.05) is 18.4 Å². The van der Waals surface area contributed by atoms with Gasteiger partial charge in [0.05, 0.1) is 17.5 Å². The first kappa shape index (κ1) is 19.0. The molecule has 0 fully saturated rings. The van der Waals surface area contributed by atoms with Crippen LogP contribution in [0.1, 0.15) is 34.8 Å². The van der Waals surface area contributed by atoms with Gasteiger partial charge in [-0.05, 0) is 38.1 Å². The molecule has 0 radical (unpaired) electrons. The molecule has 0 unspecified atom stereocenters. The number of benzene rings is 1. The molecule has 0 aliphatic heterocycles. The Hall–Kier alpha value is -3.29. The van der Waals surface area contributed by atoms with Gasteiger partial charge in [0.15, 0.2) is 5.76 Å². The van der Waals surface area contributed by atoms with Gasteiger partial charge < -0.3 is 25.7 Å². The molecular formula is C18H22N4O4. The third-order valence-corrected chi connectivity index (χ3v) is 3.28. The molecule has 0 saturated carbocycles. The second-order valence-corrected chi connectivity index (χ2v) is 5.79. The van der Waals surface area contributed by atoms with E-state index in [0.29, 0.717) is 11.3 Å². The van der Waals surface area contributed by atoms with E-state index in [0.717, 1.165) is 0 Å². The summed E-state index contributed by atoms with van der Waals surface area (Å²) in [6.07, 6.45) is 1.41. The van der Waals surface area contributed by atoms with Crippen LogP contribution in [0.25, 0.3) is 0 Å². The van der Waals surface area contributed by atoms with Crippen LogP contribution in [0.5, 0.6) is 0 Å². The van der Waals surface area contributed by atoms with E-state index in [-0.39, 0.29) is 42.7 Å². The molecule has 4 N–H and O–H groups in total. The summed E-state index contributed by atoms with van der Waals surface area (Å²) in [6, 6.07) is 9.47. The van der Waals surface area contributed by atoms with Crippen molar-refractivity contribution in [3.8, 4) is 0 Å². The highest BCUT2D eigenvalue weighted by Crippen LogP contribution is 2.14. The Labute approximate surface area is 151 Å². The predicted molar refractivity (Wildman–Crippen MR) is 97.1 cm³/mol. The number of amides is 4. The molecular weight excluding hydrogens is 336 g/mol. The number of carbonyl (C=O) groups excluding carboxylic acids is 3. The molecule has 0 atom stereocenters. The zero-order valence-electron chi connectivity index (χ0n) is 14.7. The maximum atomic E-state index is 12.3. The van der Waals surface area contributed by atoms with Crippen LogP contribution in [-0.4, -0.2) is 37.0 Å². The van der Waals surface area contributed by atoms with E-state index in [4.69, 9.17) is 4.42 Å². The molecule has 1 aromatic carbocycles. The van der Waals surface area contributed by atoms with Crippen molar-refractivity contribution in [3.05, 3.63) is 54.0 Å². The molecule has 138 valence electrons. The van der Waals surface area contributed by atoms with Gasteiger partial charge >= 0.3 is 6.03 Å². The molecule has 0 aliphatic carbocycles. The van der Waals surface area contributed by atoms with Crippen molar-refractivity contribution in [1.82, 2.24) is 16.0 Å². The Kier molecular flexibility index (Phi) is 6.78. The van der Waals surface area contributed by atoms with Crippen molar-refractivity contribution in [1.29, 1.82) is 0 Å². The monoisotopic (exact) mass is 358 g/mol. The summed E-state index contributed by atoms with van der Waals surface area (Å²) in [6.45, 7) is 4.16. The normalized spacial score (nSPS) is 10.3. The molecule has 0 bridgehead atoms. The molecule has 4 amide bonds. The molecule has 0 saturated heterocycles. The first-order valence-corrected chi connectivity index (χ1v) is 8.24. The maximum absolute atomic E-state index is 12.3. The van der Waals surface area contributed by atoms with E-state index in [1.165, 1.54) is 6.26 Å². The molecule has 8 nitrogen and oxygen atoms in total. The minimum atomic E-state index is -0.383. The number of rotatable bonds is 7. The van der Waals surface area contributed by atoms with E-state index in [9.17, 15) is 14.4 Å². The van der Waals surface area contributed by atoms with Gasteiger partial charge in [0.1, 0.15) is 0 Å². The zero-order valence-corrected chi connectivity index (χ0v) is 14.7. The first-order chi connectivity index (χ1) is 12.5. The van der Waals surface area contributed by atoms with Crippen molar-refractivity contribution in [3.63, 3.8) is 0 Å². The summed E-state index contributed by atoms with van der Waals surface area (Å²) in [5, 5.41) is 10.7. The molecule has 8 heteroatoms. The third-order valence-electron chi connectivity index (χ3n) is 3.28. The molecule has 1 aromatic heterocycles. The van der Waals surface area contributed by atoms with E-state index >= 15 is 0 Å². The summed E-state index contributed by atoms with van der Waals surface area (Å²) < 4.78 is 4.98. The Morgan fingerprint density at radius 2 is 1.65 bits per heavy atom. The Bertz CT molecular complexity index is 756. The Morgan fingerprint density at radius 1 is 0.962 bits per heavy atom. The maximum Gasteiger partial charge on any atom is 0.319 e. The minimum absolute atomic E-state index is 0.0197. The highest BCUT2D eigenvalue weighted by Gasteiger charge is 2.13. The standard InChI is InChI=1S/C18H22N4O4/c1-12(2)21-18(25)22-14-7-4-3-6-13(14)16(23)19-9-10-20-17(24)15-8-5-11-26-15/h3-8,11-12H,9-10H2,1-2H3,(H,19,23)(H,20,24)(H2,21,22,25). The quantitative estimate of drug-likeness (QED) is 0.567. The Balaban J connectivity index is 1.85. The summed E-state index contributed by atoms with van der Waals surface area (Å²) in [7, 11) is 0. The van der Waals surface area contributed by atoms with Crippen LogP contribution < -0.4 is 21.3 Å². The lowest BCUT2D eigenvalue weighted by atomic mass is 10.1. The fraction of sp³-hybridized carbons (Fsp3) is 0.278. The number of hydrogen-bond donors (Lipinski definition) is 4. The van der Waals surface area contributed by atoms with Crippen LogP contribution >= 0.6 is 0 Å². The van der Waals surface area contributed by atoms with Crippen molar-refractivity contribution >= 4 is 23.5 Å². The molecule has 2 aromatic rings. The van der Waals surface area contributed by atoms with Gasteiger partial charge in [0, 0.05) is 19.1 Å². The van der Waals surface area contributed by atoms with E-state index in [1.54, 1.807) is 36.4 Å². The highest BCUT2D eigenvalue weighted by atomic mass is 16.3. The Morgan fingerprint density at radius 3 is 2.31 bits per heavy atom. The average Bonchev–Trinajstić information content (AvgIpc) is 3.12. The van der Waals surface area contributed by atoms with Gasteiger partial charge in [-0.1, -0.05) is 12.1 Å². The molecule has 2 rings (SSSR count). The fourth-order valence-corrected chi connectivity index (χ4v) is 2.15. The number of furan rings is 1. The second kappa shape index (κ2) is 9.26. The van der Waals surface area contributed by atoms with Gasteiger partial charge in [-0.2, -0.15) is 0 Å². The first-order valence-electron chi connectivity index (χ1n) is 8.24. The summed E-state index contributed by atoms with van der Waals surface area (Å²) in [5.74, 6) is -0.489. The van der Waals surface area contributed by atoms with E-state index in [2.05, 4.69) is 21.3 Å². The van der Waals surface area contributed by atoms with Crippen LogP contribution in [0.2, 0.25) is 0 Å². The largest absolute Gasteiger partial charge is 0.459 e. The zero-order chi connectivity index (χ0) is 18.9. The lowest BCUT2D eigenvalue weighted by Gasteiger charge is -2.13. The molecule has 0 aliphatic rings. The lowest BCUT2D eigenvalue weighted by Crippen LogP contribution is -2.36. The lowest BCUT2D eigenvalue weighted by molar-refractivity contribution is 0.0911. The van der Waals surface area contributed by atoms with Crippen LogP contribution in [0.4, 0.5) is 10.5 Å². The van der Waals surface area contributed by atoms with Crippen LogP contribution in [0.15, 0.2) is 47.1 Å². The third kappa shape index (κ3) is 5.66. The van der Waals surface area contributed by atoms with E-state index < -0.39 is 0 Å². The van der Waals surface area contributed by atoms with Gasteiger partial charge in [-0.3, -0.25) is 9.59 Å². The average molecular weight is 358 g/mol. The smallest absolute Gasteiger partial charge is 0.319 e. The SMILES string of the molecule is CC(C)NC(=O)Nc1ccccc1C(=O)NCCNC(=O)c1ccco1. The van der Waals surface area contributed by atoms with Crippen LogP contribution in [0, 0.1) is 0 Å². The van der Waals surface area contributed by atoms with Crippen molar-refractivity contribution in [2.45, 2.75) is 19.9 Å². The molecule has 1 heterocycles. The summed E-state index contributed by atoms with van der Waals surface area (Å²) >= 11 is 0.